The van der Waals surface area contributed by atoms with Crippen LogP contribution in [-0.2, 0) is 6.42 Å². The van der Waals surface area contributed by atoms with Gasteiger partial charge in [-0.25, -0.2) is 0 Å². The number of hydrogen-bond acceptors (Lipinski definition) is 1. The van der Waals surface area contributed by atoms with Gasteiger partial charge in [0.15, 0.2) is 0 Å². The van der Waals surface area contributed by atoms with E-state index in [-0.39, 0.29) is 0 Å². The molecule has 2 aromatic carbocycles. The fraction of sp³-hybridized carbons (Fsp3) is 0.263. The quantitative estimate of drug-likeness (QED) is 0.735. The summed E-state index contributed by atoms with van der Waals surface area (Å²) >= 11 is 0. The van der Waals surface area contributed by atoms with E-state index >= 15 is 0 Å². The summed E-state index contributed by atoms with van der Waals surface area (Å²) in [5, 5.41) is 0. The minimum atomic E-state index is 0.433. The third kappa shape index (κ3) is 2.30. The average molecular weight is 263 g/mol. The van der Waals surface area contributed by atoms with Crippen LogP contribution in [0.3, 0.4) is 0 Å². The maximum atomic E-state index is 3.93. The SMILES string of the molecule is C=CCN1C(C)c2ccccc2CC1c1ccccc1. The van der Waals surface area contributed by atoms with Crippen molar-refractivity contribution in [2.75, 3.05) is 6.54 Å². The maximum Gasteiger partial charge on any atom is 0.0397 e. The Morgan fingerprint density at radius 1 is 1.10 bits per heavy atom. The molecule has 0 fully saturated rings. The fourth-order valence-electron chi connectivity index (χ4n) is 3.32. The van der Waals surface area contributed by atoms with Crippen molar-refractivity contribution >= 4 is 0 Å². The van der Waals surface area contributed by atoms with E-state index in [1.807, 2.05) is 6.08 Å². The number of rotatable bonds is 3. The number of nitrogens with zero attached hydrogens (tertiary/aromatic N) is 1. The lowest BCUT2D eigenvalue weighted by Gasteiger charge is -2.41. The Balaban J connectivity index is 2.03. The van der Waals surface area contributed by atoms with Crippen molar-refractivity contribution in [1.29, 1.82) is 0 Å². The molecule has 0 spiro atoms. The zero-order valence-electron chi connectivity index (χ0n) is 12.0. The molecule has 0 aromatic heterocycles. The first kappa shape index (κ1) is 13.1. The molecular weight excluding hydrogens is 242 g/mol. The molecule has 0 radical (unpaired) electrons. The molecule has 2 atom stereocenters. The summed E-state index contributed by atoms with van der Waals surface area (Å²) in [4.78, 5) is 2.55. The standard InChI is InChI=1S/C19H21N/c1-3-13-20-15(2)18-12-8-7-11-17(18)14-19(20)16-9-5-4-6-10-16/h3-12,15,19H,1,13-14H2,2H3. The molecule has 102 valence electrons. The predicted octanol–water partition coefficient (Wildman–Crippen LogP) is 4.53. The molecule has 1 aliphatic rings. The van der Waals surface area contributed by atoms with E-state index in [1.165, 1.54) is 16.7 Å². The van der Waals surface area contributed by atoms with Crippen molar-refractivity contribution in [1.82, 2.24) is 4.90 Å². The van der Waals surface area contributed by atoms with Gasteiger partial charge >= 0.3 is 0 Å². The van der Waals surface area contributed by atoms with Gasteiger partial charge in [-0.3, -0.25) is 4.90 Å². The lowest BCUT2D eigenvalue weighted by atomic mass is 9.86. The molecule has 2 unspecified atom stereocenters. The number of fused-ring (bicyclic) bond motifs is 1. The Bertz CT molecular complexity index is 588. The second-order valence-electron chi connectivity index (χ2n) is 5.49. The van der Waals surface area contributed by atoms with Gasteiger partial charge in [-0.1, -0.05) is 60.7 Å². The normalized spacial score (nSPS) is 22.2. The van der Waals surface area contributed by atoms with Crippen molar-refractivity contribution in [3.63, 3.8) is 0 Å². The first-order valence-corrected chi connectivity index (χ1v) is 7.30. The number of benzene rings is 2. The monoisotopic (exact) mass is 263 g/mol. The van der Waals surface area contributed by atoms with Crippen molar-refractivity contribution in [3.05, 3.63) is 83.9 Å². The summed E-state index contributed by atoms with van der Waals surface area (Å²) in [5.41, 5.74) is 4.34. The molecule has 1 aliphatic heterocycles. The van der Waals surface area contributed by atoms with Gasteiger partial charge < -0.3 is 0 Å². The highest BCUT2D eigenvalue weighted by Crippen LogP contribution is 2.39. The first-order valence-electron chi connectivity index (χ1n) is 7.30. The van der Waals surface area contributed by atoms with E-state index in [4.69, 9.17) is 0 Å². The average Bonchev–Trinajstić information content (AvgIpc) is 2.51. The molecule has 2 aromatic rings. The lowest BCUT2D eigenvalue weighted by Crippen LogP contribution is -2.37. The summed E-state index contributed by atoms with van der Waals surface area (Å²) < 4.78 is 0. The highest BCUT2D eigenvalue weighted by Gasteiger charge is 2.31. The minimum absolute atomic E-state index is 0.433. The topological polar surface area (TPSA) is 3.24 Å². The van der Waals surface area contributed by atoms with Crippen LogP contribution in [0.5, 0.6) is 0 Å². The zero-order chi connectivity index (χ0) is 13.9. The second kappa shape index (κ2) is 5.64. The molecule has 3 rings (SSSR count). The van der Waals surface area contributed by atoms with Crippen LogP contribution in [0.15, 0.2) is 67.3 Å². The molecular formula is C19H21N. The van der Waals surface area contributed by atoms with Crippen LogP contribution < -0.4 is 0 Å². The van der Waals surface area contributed by atoms with E-state index < -0.39 is 0 Å². The van der Waals surface area contributed by atoms with Gasteiger partial charge in [0, 0.05) is 18.6 Å². The summed E-state index contributed by atoms with van der Waals surface area (Å²) in [7, 11) is 0. The van der Waals surface area contributed by atoms with Gasteiger partial charge in [-0.05, 0) is 30.0 Å². The second-order valence-corrected chi connectivity index (χ2v) is 5.49. The van der Waals surface area contributed by atoms with Gasteiger partial charge in [-0.2, -0.15) is 0 Å². The summed E-state index contributed by atoms with van der Waals surface area (Å²) in [6, 6.07) is 20.5. The van der Waals surface area contributed by atoms with E-state index in [0.717, 1.165) is 13.0 Å². The lowest BCUT2D eigenvalue weighted by molar-refractivity contribution is 0.145. The van der Waals surface area contributed by atoms with Crippen LogP contribution in [0.4, 0.5) is 0 Å². The molecule has 0 bridgehead atoms. The number of hydrogen-bond donors (Lipinski definition) is 0. The van der Waals surface area contributed by atoms with Gasteiger partial charge in [0.25, 0.3) is 0 Å². The first-order chi connectivity index (χ1) is 9.81. The molecule has 20 heavy (non-hydrogen) atoms. The Morgan fingerprint density at radius 3 is 2.55 bits per heavy atom. The van der Waals surface area contributed by atoms with Gasteiger partial charge in [0.1, 0.15) is 0 Å². The van der Waals surface area contributed by atoms with Crippen molar-refractivity contribution in [3.8, 4) is 0 Å². The third-order valence-electron chi connectivity index (χ3n) is 4.34. The molecule has 0 amide bonds. The Morgan fingerprint density at radius 2 is 1.80 bits per heavy atom. The maximum absolute atomic E-state index is 3.93. The summed E-state index contributed by atoms with van der Waals surface area (Å²) in [6.07, 6.45) is 3.10. The highest BCUT2D eigenvalue weighted by atomic mass is 15.2. The van der Waals surface area contributed by atoms with Crippen molar-refractivity contribution < 1.29 is 0 Å². The molecule has 1 heteroatoms. The van der Waals surface area contributed by atoms with Crippen molar-refractivity contribution in [2.45, 2.75) is 25.4 Å². The smallest absolute Gasteiger partial charge is 0.0397 e. The molecule has 0 saturated heterocycles. The predicted molar refractivity (Wildman–Crippen MR) is 84.6 cm³/mol. The van der Waals surface area contributed by atoms with Crippen LogP contribution in [-0.4, -0.2) is 11.4 Å². The molecule has 0 saturated carbocycles. The van der Waals surface area contributed by atoms with Crippen LogP contribution in [0.25, 0.3) is 0 Å². The Kier molecular flexibility index (Phi) is 3.70. The molecule has 1 heterocycles. The molecule has 0 aliphatic carbocycles. The summed E-state index contributed by atoms with van der Waals surface area (Å²) in [5.74, 6) is 0. The molecule has 1 nitrogen and oxygen atoms in total. The van der Waals surface area contributed by atoms with E-state index in [9.17, 15) is 0 Å². The van der Waals surface area contributed by atoms with Crippen LogP contribution in [0.1, 0.15) is 35.7 Å². The zero-order valence-corrected chi connectivity index (χ0v) is 12.0. The van der Waals surface area contributed by atoms with E-state index in [2.05, 4.69) is 73.0 Å². The highest BCUT2D eigenvalue weighted by molar-refractivity contribution is 5.36. The largest absolute Gasteiger partial charge is 0.286 e. The van der Waals surface area contributed by atoms with Crippen LogP contribution >= 0.6 is 0 Å². The third-order valence-corrected chi connectivity index (χ3v) is 4.34. The van der Waals surface area contributed by atoms with Gasteiger partial charge in [0.05, 0.1) is 0 Å². The van der Waals surface area contributed by atoms with Gasteiger partial charge in [-0.15, -0.1) is 6.58 Å². The van der Waals surface area contributed by atoms with E-state index in [0.29, 0.717) is 12.1 Å². The van der Waals surface area contributed by atoms with Crippen molar-refractivity contribution in [2.24, 2.45) is 0 Å². The van der Waals surface area contributed by atoms with Gasteiger partial charge in [0.2, 0.25) is 0 Å². The minimum Gasteiger partial charge on any atom is -0.286 e. The Labute approximate surface area is 121 Å². The molecule has 0 N–H and O–H groups in total. The fourth-order valence-corrected chi connectivity index (χ4v) is 3.32. The van der Waals surface area contributed by atoms with Crippen LogP contribution in [0, 0.1) is 0 Å². The van der Waals surface area contributed by atoms with Crippen LogP contribution in [0.2, 0.25) is 0 Å². The summed E-state index contributed by atoms with van der Waals surface area (Å²) in [6.45, 7) is 7.16. The van der Waals surface area contributed by atoms with E-state index in [1.54, 1.807) is 0 Å². The Hall–Kier alpha value is -1.86.